The van der Waals surface area contributed by atoms with E-state index in [1.165, 1.54) is 104 Å². The van der Waals surface area contributed by atoms with E-state index in [1.807, 2.05) is 84.9 Å². The lowest BCUT2D eigenvalue weighted by atomic mass is 9.78. The summed E-state index contributed by atoms with van der Waals surface area (Å²) in [6.07, 6.45) is 0. The van der Waals surface area contributed by atoms with E-state index in [4.69, 9.17) is 35.9 Å². The SMILES string of the molecule is C.C.CC1(C)OB(c2ccc(-c3ccc(-n4c5ccccc5c5ccccc54)c4ccccc34)cc2)OC1(C)C.Clc1cc(-c2cccc(-c3ccccc3)c2)nc(-c2ccccc2)n1.c1ccc(-c2cccc(-c3cc(-c4ccc(-c5ccc(-n6c7ccccc7c7ccccc76)c6ccccc56)cc4)nc(-c4ccccc4)n3)c2)cc1. The van der Waals surface area contributed by atoms with Gasteiger partial charge in [0.25, 0.3) is 0 Å². The van der Waals surface area contributed by atoms with Gasteiger partial charge in [0.05, 0.1) is 61.7 Å². The number of fused-ring (bicyclic) bond motifs is 8. The monoisotopic (exact) mass is 1540 g/mol. The summed E-state index contributed by atoms with van der Waals surface area (Å²) in [6.45, 7) is 8.36. The zero-order valence-corrected chi connectivity index (χ0v) is 65.3. The first-order valence-electron chi connectivity index (χ1n) is 39.4. The molecule has 0 amide bonds. The minimum atomic E-state index is -0.358. The lowest BCUT2D eigenvalue weighted by Gasteiger charge is -2.32. The number of aromatic nitrogens is 6. The Morgan fingerprint density at radius 2 is 0.542 bits per heavy atom. The maximum atomic E-state index is 6.27. The van der Waals surface area contributed by atoms with Gasteiger partial charge in [-0.15, -0.1) is 0 Å². The van der Waals surface area contributed by atoms with Gasteiger partial charge < -0.3 is 18.4 Å². The van der Waals surface area contributed by atoms with Crippen molar-refractivity contribution in [2.24, 2.45) is 0 Å². The molecule has 0 bridgehead atoms. The first-order chi connectivity index (χ1) is 56.9. The number of halogens is 1. The third kappa shape index (κ3) is 14.8. The van der Waals surface area contributed by atoms with Crippen molar-refractivity contribution in [2.75, 3.05) is 0 Å². The molecule has 0 unspecified atom stereocenters. The van der Waals surface area contributed by atoms with Crippen molar-refractivity contribution in [2.45, 2.75) is 53.8 Å². The van der Waals surface area contributed by atoms with E-state index in [2.05, 4.69) is 351 Å². The summed E-state index contributed by atoms with van der Waals surface area (Å²) in [6, 6.07) is 140. The molecule has 570 valence electrons. The van der Waals surface area contributed by atoms with Gasteiger partial charge in [-0.05, 0) is 143 Å². The number of para-hydroxylation sites is 4. The van der Waals surface area contributed by atoms with Gasteiger partial charge in [0, 0.05) is 66.2 Å². The molecular formula is C108H86BClN6O2. The van der Waals surface area contributed by atoms with Crippen molar-refractivity contribution in [1.82, 2.24) is 29.1 Å². The van der Waals surface area contributed by atoms with Crippen LogP contribution in [0.5, 0.6) is 0 Å². The topological polar surface area (TPSA) is 79.9 Å². The molecule has 1 aliphatic heterocycles. The van der Waals surface area contributed by atoms with E-state index in [1.54, 1.807) is 6.07 Å². The zero-order valence-electron chi connectivity index (χ0n) is 64.6. The Balaban J connectivity index is 0.000000134. The van der Waals surface area contributed by atoms with Crippen LogP contribution in [0.1, 0.15) is 42.5 Å². The molecule has 10 heteroatoms. The van der Waals surface area contributed by atoms with Crippen LogP contribution in [0.2, 0.25) is 5.15 Å². The number of hydrogen-bond acceptors (Lipinski definition) is 6. The van der Waals surface area contributed by atoms with E-state index in [0.29, 0.717) is 16.8 Å². The quantitative estimate of drug-likeness (QED) is 0.0896. The number of rotatable bonds is 12. The van der Waals surface area contributed by atoms with E-state index in [0.717, 1.165) is 67.1 Å². The average Bonchev–Trinajstić information content (AvgIpc) is 1.57. The molecule has 16 aromatic carbocycles. The van der Waals surface area contributed by atoms with Crippen LogP contribution < -0.4 is 5.46 Å². The summed E-state index contributed by atoms with van der Waals surface area (Å²) in [5.74, 6) is 1.34. The predicted octanol–water partition coefficient (Wildman–Crippen LogP) is 28.4. The number of benzene rings is 16. The molecule has 0 spiro atoms. The number of hydrogen-bond donors (Lipinski definition) is 0. The lowest BCUT2D eigenvalue weighted by molar-refractivity contribution is 0.00578. The standard InChI is InChI=1S/C50H33N3.C34H30BNO2.C22H15ClN2.2CH4/c1-3-14-34(15-4-1)38-18-13-19-39(32-38)46-33-45(51-50(52-46)37-16-5-2-6-17-37)36-28-26-35(27-29-36)40-30-31-49(42-21-8-7-20-41(40)42)53-47-24-11-9-22-43(47)44-23-10-12-25-48(44)53;1-33(2)34(3,4)38-35(37-33)24-19-17-23(18-20-24)25-21-22-32(27-12-6-5-11-26(25)27)36-30-15-9-7-13-28(30)29-14-8-10-16-31(29)36;23-21-15-20(24-22(25-21)17-10-5-2-6-11-17)19-13-7-12-18(14-19)16-8-3-1-4-9-16;;/h1-33H;5-22H,1-4H3;1-15H;2*1H4. The molecule has 1 aliphatic rings. The van der Waals surface area contributed by atoms with Gasteiger partial charge in [0.1, 0.15) is 5.15 Å². The fourth-order valence-electron chi connectivity index (χ4n) is 16.2. The van der Waals surface area contributed by atoms with Crippen molar-refractivity contribution in [1.29, 1.82) is 0 Å². The molecule has 1 saturated heterocycles. The highest BCUT2D eigenvalue weighted by Crippen LogP contribution is 2.43. The summed E-state index contributed by atoms with van der Waals surface area (Å²) in [5, 5.41) is 10.4. The highest BCUT2D eigenvalue weighted by molar-refractivity contribution is 6.62. The molecule has 118 heavy (non-hydrogen) atoms. The van der Waals surface area contributed by atoms with Gasteiger partial charge in [-0.3, -0.25) is 0 Å². The second-order valence-corrected chi connectivity index (χ2v) is 30.8. The van der Waals surface area contributed by atoms with E-state index in [-0.39, 0.29) is 33.2 Å². The maximum Gasteiger partial charge on any atom is 0.494 e. The second kappa shape index (κ2) is 32.8. The van der Waals surface area contributed by atoms with Crippen LogP contribution in [-0.4, -0.2) is 47.4 Å². The molecule has 0 saturated carbocycles. The Bertz CT molecular complexity index is 6910. The van der Waals surface area contributed by atoms with Crippen LogP contribution >= 0.6 is 11.6 Å². The molecule has 0 radical (unpaired) electrons. The third-order valence-corrected chi connectivity index (χ3v) is 22.9. The smallest absolute Gasteiger partial charge is 0.399 e. The summed E-state index contributed by atoms with van der Waals surface area (Å²) < 4.78 is 17.3. The van der Waals surface area contributed by atoms with Crippen molar-refractivity contribution in [3.8, 4) is 112 Å². The van der Waals surface area contributed by atoms with Crippen LogP contribution in [0.3, 0.4) is 0 Å². The summed E-state index contributed by atoms with van der Waals surface area (Å²) in [4.78, 5) is 19.3. The predicted molar refractivity (Wildman–Crippen MR) is 497 cm³/mol. The van der Waals surface area contributed by atoms with E-state index < -0.39 is 0 Å². The van der Waals surface area contributed by atoms with Crippen LogP contribution in [-0.2, 0) is 9.31 Å². The minimum Gasteiger partial charge on any atom is -0.399 e. The normalized spacial score (nSPS) is 12.7. The molecule has 21 rings (SSSR count). The third-order valence-electron chi connectivity index (χ3n) is 22.7. The van der Waals surface area contributed by atoms with Gasteiger partial charge in [0.15, 0.2) is 11.6 Å². The van der Waals surface area contributed by atoms with Gasteiger partial charge in [-0.25, -0.2) is 19.9 Å². The van der Waals surface area contributed by atoms with Gasteiger partial charge >= 0.3 is 7.12 Å². The molecule has 5 heterocycles. The molecule has 0 N–H and O–H groups in total. The van der Waals surface area contributed by atoms with Crippen molar-refractivity contribution in [3.05, 3.63) is 406 Å². The Morgan fingerprint density at radius 1 is 0.246 bits per heavy atom. The van der Waals surface area contributed by atoms with Gasteiger partial charge in [-0.1, -0.05) is 366 Å². The van der Waals surface area contributed by atoms with Crippen LogP contribution in [0.4, 0.5) is 0 Å². The molecule has 0 atom stereocenters. The first kappa shape index (κ1) is 76.7. The highest BCUT2D eigenvalue weighted by atomic mass is 35.5. The fraction of sp³-hybridized carbons (Fsp3) is 0.0741. The Morgan fingerprint density at radius 3 is 0.941 bits per heavy atom. The van der Waals surface area contributed by atoms with E-state index in [9.17, 15) is 0 Å². The summed E-state index contributed by atoms with van der Waals surface area (Å²) in [7, 11) is -0.358. The summed E-state index contributed by atoms with van der Waals surface area (Å²) in [5.41, 5.74) is 24.6. The number of nitrogens with zero attached hydrogens (tertiary/aromatic N) is 6. The molecule has 8 nitrogen and oxygen atoms in total. The molecule has 20 aromatic rings. The molecule has 4 aromatic heterocycles. The van der Waals surface area contributed by atoms with Crippen molar-refractivity contribution < 1.29 is 9.31 Å². The lowest BCUT2D eigenvalue weighted by Crippen LogP contribution is -2.41. The van der Waals surface area contributed by atoms with Crippen LogP contribution in [0, 0.1) is 0 Å². The second-order valence-electron chi connectivity index (χ2n) is 30.4. The van der Waals surface area contributed by atoms with Crippen molar-refractivity contribution >= 4 is 89.3 Å². The Labute approximate surface area is 694 Å². The first-order valence-corrected chi connectivity index (χ1v) is 39.7. The van der Waals surface area contributed by atoms with E-state index >= 15 is 0 Å². The molecular weight excluding hydrogens is 1460 g/mol. The van der Waals surface area contributed by atoms with Gasteiger partial charge in [-0.2, -0.15) is 0 Å². The largest absolute Gasteiger partial charge is 0.494 e. The molecule has 0 aliphatic carbocycles. The van der Waals surface area contributed by atoms with Gasteiger partial charge in [0.2, 0.25) is 0 Å². The van der Waals surface area contributed by atoms with Crippen LogP contribution in [0.15, 0.2) is 400 Å². The van der Waals surface area contributed by atoms with Crippen LogP contribution in [0.25, 0.3) is 178 Å². The molecule has 1 fully saturated rings. The average molecular weight is 1550 g/mol. The Hall–Kier alpha value is -13.9. The summed E-state index contributed by atoms with van der Waals surface area (Å²) >= 11 is 6.26. The minimum absolute atomic E-state index is 0. The van der Waals surface area contributed by atoms with Crippen molar-refractivity contribution in [3.63, 3.8) is 0 Å². The maximum absolute atomic E-state index is 6.27. The highest BCUT2D eigenvalue weighted by Gasteiger charge is 2.51. The fourth-order valence-corrected chi connectivity index (χ4v) is 16.3. The Kier molecular flexibility index (Phi) is 21.3. The zero-order chi connectivity index (χ0) is 78.3.